The molecule has 27 heavy (non-hydrogen) atoms. The largest absolute Gasteiger partial charge is 0.491 e. The van der Waals surface area contributed by atoms with E-state index in [0.29, 0.717) is 22.1 Å². The normalized spacial score (nSPS) is 10.5. The summed E-state index contributed by atoms with van der Waals surface area (Å²) in [6.07, 6.45) is 1.71. The number of nitrogens with one attached hydrogen (secondary N) is 2. The number of pyridine rings is 1. The molecule has 1 amide bonds. The van der Waals surface area contributed by atoms with Crippen LogP contribution in [0.3, 0.4) is 0 Å². The van der Waals surface area contributed by atoms with Gasteiger partial charge in [0.05, 0.1) is 6.10 Å². The predicted molar refractivity (Wildman–Crippen MR) is 109 cm³/mol. The first-order chi connectivity index (χ1) is 13.0. The number of carbonyl (C=O) groups is 1. The van der Waals surface area contributed by atoms with E-state index in [1.807, 2.05) is 38.1 Å². The molecule has 0 aliphatic rings. The van der Waals surface area contributed by atoms with Gasteiger partial charge in [0, 0.05) is 28.2 Å². The van der Waals surface area contributed by atoms with E-state index in [9.17, 15) is 4.79 Å². The fraction of sp³-hybridized carbons (Fsp3) is 0.143. The van der Waals surface area contributed by atoms with Crippen LogP contribution in [0.5, 0.6) is 5.75 Å². The summed E-state index contributed by atoms with van der Waals surface area (Å²) in [4.78, 5) is 16.7. The number of halogens is 1. The summed E-state index contributed by atoms with van der Waals surface area (Å²) in [6.45, 7) is 3.96. The lowest BCUT2D eigenvalue weighted by atomic mass is 10.2. The van der Waals surface area contributed by atoms with E-state index in [4.69, 9.17) is 16.3 Å². The predicted octanol–water partition coefficient (Wildman–Crippen LogP) is 5.52. The van der Waals surface area contributed by atoms with Crippen molar-refractivity contribution in [1.29, 1.82) is 0 Å². The van der Waals surface area contributed by atoms with Crippen LogP contribution in [0.1, 0.15) is 24.2 Å². The highest BCUT2D eigenvalue weighted by molar-refractivity contribution is 6.31. The Labute approximate surface area is 163 Å². The number of anilines is 3. The van der Waals surface area contributed by atoms with Crippen molar-refractivity contribution < 1.29 is 9.53 Å². The summed E-state index contributed by atoms with van der Waals surface area (Å²) in [5, 5.41) is 6.57. The first-order valence-electron chi connectivity index (χ1n) is 8.56. The van der Waals surface area contributed by atoms with Crippen molar-refractivity contribution in [3.8, 4) is 5.75 Å². The summed E-state index contributed by atoms with van der Waals surface area (Å²) in [7, 11) is 0. The molecular weight excluding hydrogens is 362 g/mol. The molecule has 1 heterocycles. The van der Waals surface area contributed by atoms with Crippen LogP contribution >= 0.6 is 11.6 Å². The van der Waals surface area contributed by atoms with Gasteiger partial charge >= 0.3 is 0 Å². The Kier molecular flexibility index (Phi) is 5.94. The Hall–Kier alpha value is -3.05. The minimum atomic E-state index is -0.233. The third-order valence-corrected chi connectivity index (χ3v) is 3.84. The van der Waals surface area contributed by atoms with Crippen LogP contribution in [-0.2, 0) is 0 Å². The molecular formula is C21H20ClN3O2. The average molecular weight is 382 g/mol. The number of benzene rings is 2. The van der Waals surface area contributed by atoms with Crippen LogP contribution in [-0.4, -0.2) is 17.0 Å². The van der Waals surface area contributed by atoms with E-state index in [1.54, 1.807) is 42.6 Å². The smallest absolute Gasteiger partial charge is 0.255 e. The molecule has 0 fully saturated rings. The first kappa shape index (κ1) is 18.7. The molecule has 0 spiro atoms. The zero-order valence-electron chi connectivity index (χ0n) is 15.1. The molecule has 0 radical (unpaired) electrons. The standard InChI is InChI=1S/C21H20ClN3O2/c1-14(2)27-19-8-6-17(7-9-19)24-20-12-15(10-11-23-20)21(26)25-18-5-3-4-16(22)13-18/h3-14H,1-2H3,(H,23,24)(H,25,26). The van der Waals surface area contributed by atoms with Crippen molar-refractivity contribution in [2.24, 2.45) is 0 Å². The Balaban J connectivity index is 1.68. The molecule has 5 nitrogen and oxygen atoms in total. The lowest BCUT2D eigenvalue weighted by Crippen LogP contribution is -2.12. The van der Waals surface area contributed by atoms with E-state index in [1.165, 1.54) is 0 Å². The number of aromatic nitrogens is 1. The summed E-state index contributed by atoms with van der Waals surface area (Å²) in [6, 6.07) is 17.9. The molecule has 138 valence electrons. The number of rotatable bonds is 6. The Morgan fingerprint density at radius 2 is 1.81 bits per heavy atom. The van der Waals surface area contributed by atoms with Crippen LogP contribution in [0, 0.1) is 0 Å². The third kappa shape index (κ3) is 5.46. The van der Waals surface area contributed by atoms with E-state index >= 15 is 0 Å². The van der Waals surface area contributed by atoms with Gasteiger partial charge in [-0.25, -0.2) is 4.98 Å². The van der Waals surface area contributed by atoms with E-state index in [2.05, 4.69) is 15.6 Å². The van der Waals surface area contributed by atoms with Crippen LogP contribution in [0.2, 0.25) is 5.02 Å². The van der Waals surface area contributed by atoms with Gasteiger partial charge < -0.3 is 15.4 Å². The highest BCUT2D eigenvalue weighted by atomic mass is 35.5. The molecule has 0 bridgehead atoms. The topological polar surface area (TPSA) is 63.2 Å². The maximum absolute atomic E-state index is 12.5. The number of nitrogens with zero attached hydrogens (tertiary/aromatic N) is 1. The molecule has 0 aliphatic heterocycles. The van der Waals surface area contributed by atoms with Gasteiger partial charge in [0.25, 0.3) is 5.91 Å². The Bertz CT molecular complexity index is 927. The molecule has 2 N–H and O–H groups in total. The summed E-state index contributed by atoms with van der Waals surface area (Å²) < 4.78 is 5.63. The quantitative estimate of drug-likeness (QED) is 0.590. The Morgan fingerprint density at radius 1 is 1.04 bits per heavy atom. The van der Waals surface area contributed by atoms with Crippen LogP contribution < -0.4 is 15.4 Å². The average Bonchev–Trinajstić information content (AvgIpc) is 2.63. The lowest BCUT2D eigenvalue weighted by Gasteiger charge is -2.11. The zero-order valence-corrected chi connectivity index (χ0v) is 15.8. The van der Waals surface area contributed by atoms with Crippen LogP contribution in [0.4, 0.5) is 17.2 Å². The number of hydrogen-bond donors (Lipinski definition) is 2. The third-order valence-electron chi connectivity index (χ3n) is 3.60. The van der Waals surface area contributed by atoms with Crippen molar-refractivity contribution in [2.45, 2.75) is 20.0 Å². The van der Waals surface area contributed by atoms with E-state index < -0.39 is 0 Å². The number of amides is 1. The van der Waals surface area contributed by atoms with Crippen molar-refractivity contribution in [3.63, 3.8) is 0 Å². The lowest BCUT2D eigenvalue weighted by molar-refractivity contribution is 0.102. The monoisotopic (exact) mass is 381 g/mol. The van der Waals surface area contributed by atoms with Gasteiger partial charge in [0.1, 0.15) is 11.6 Å². The first-order valence-corrected chi connectivity index (χ1v) is 8.94. The van der Waals surface area contributed by atoms with Crippen molar-refractivity contribution in [2.75, 3.05) is 10.6 Å². The van der Waals surface area contributed by atoms with Gasteiger partial charge in [0.15, 0.2) is 0 Å². The minimum Gasteiger partial charge on any atom is -0.491 e. The maximum atomic E-state index is 12.5. The van der Waals surface area contributed by atoms with E-state index in [0.717, 1.165) is 11.4 Å². The number of carbonyl (C=O) groups excluding carboxylic acids is 1. The number of hydrogen-bond acceptors (Lipinski definition) is 4. The fourth-order valence-corrected chi connectivity index (χ4v) is 2.64. The van der Waals surface area contributed by atoms with E-state index in [-0.39, 0.29) is 12.0 Å². The second kappa shape index (κ2) is 8.56. The fourth-order valence-electron chi connectivity index (χ4n) is 2.45. The summed E-state index contributed by atoms with van der Waals surface area (Å²) in [5.41, 5.74) is 1.98. The van der Waals surface area contributed by atoms with Crippen LogP contribution in [0.25, 0.3) is 0 Å². The van der Waals surface area contributed by atoms with Gasteiger partial charge in [-0.05, 0) is 68.4 Å². The molecule has 0 unspecified atom stereocenters. The molecule has 1 aromatic heterocycles. The highest BCUT2D eigenvalue weighted by Crippen LogP contribution is 2.21. The molecule has 0 aliphatic carbocycles. The molecule has 3 rings (SSSR count). The molecule has 0 atom stereocenters. The Morgan fingerprint density at radius 3 is 2.52 bits per heavy atom. The van der Waals surface area contributed by atoms with Crippen molar-refractivity contribution >= 4 is 34.7 Å². The molecule has 6 heteroatoms. The second-order valence-corrected chi connectivity index (χ2v) is 6.65. The van der Waals surface area contributed by atoms with Gasteiger partial charge in [-0.1, -0.05) is 17.7 Å². The summed E-state index contributed by atoms with van der Waals surface area (Å²) >= 11 is 5.95. The molecule has 3 aromatic rings. The van der Waals surface area contributed by atoms with Crippen LogP contribution in [0.15, 0.2) is 66.9 Å². The van der Waals surface area contributed by atoms with Crippen molar-refractivity contribution in [3.05, 3.63) is 77.4 Å². The molecule has 2 aromatic carbocycles. The van der Waals surface area contributed by atoms with Gasteiger partial charge in [-0.2, -0.15) is 0 Å². The highest BCUT2D eigenvalue weighted by Gasteiger charge is 2.08. The van der Waals surface area contributed by atoms with Gasteiger partial charge in [-0.3, -0.25) is 4.79 Å². The van der Waals surface area contributed by atoms with Gasteiger partial charge in [-0.15, -0.1) is 0 Å². The zero-order chi connectivity index (χ0) is 19.2. The summed E-state index contributed by atoms with van der Waals surface area (Å²) in [5.74, 6) is 1.15. The SMILES string of the molecule is CC(C)Oc1ccc(Nc2cc(C(=O)Nc3cccc(Cl)c3)ccn2)cc1. The molecule has 0 saturated carbocycles. The minimum absolute atomic E-state index is 0.125. The molecule has 0 saturated heterocycles. The number of ether oxygens (including phenoxy) is 1. The second-order valence-electron chi connectivity index (χ2n) is 6.21. The van der Waals surface area contributed by atoms with Gasteiger partial charge in [0.2, 0.25) is 0 Å². The maximum Gasteiger partial charge on any atom is 0.255 e. The van der Waals surface area contributed by atoms with Crippen molar-refractivity contribution in [1.82, 2.24) is 4.98 Å².